The normalized spacial score (nSPS) is 42.8. The molecule has 0 bridgehead atoms. The van der Waals surface area contributed by atoms with Crippen molar-refractivity contribution in [3.63, 3.8) is 0 Å². The molecule has 0 radical (unpaired) electrons. The number of hydrogen-bond donors (Lipinski definition) is 1. The van der Waals surface area contributed by atoms with Crippen molar-refractivity contribution in [1.82, 2.24) is 0 Å². The van der Waals surface area contributed by atoms with Gasteiger partial charge in [0.25, 0.3) is 0 Å². The minimum absolute atomic E-state index is 0.0421. The molecule has 1 atom stereocenters. The van der Waals surface area contributed by atoms with E-state index in [0.29, 0.717) is 6.42 Å². The van der Waals surface area contributed by atoms with E-state index >= 15 is 0 Å². The first kappa shape index (κ1) is 5.54. The van der Waals surface area contributed by atoms with Gasteiger partial charge in [0.15, 0.2) is 0 Å². The summed E-state index contributed by atoms with van der Waals surface area (Å²) in [7, 11) is 0. The fraction of sp³-hybridized carbons (Fsp3) is 0.833. The summed E-state index contributed by atoms with van der Waals surface area (Å²) in [5.74, 6) is -0.832. The molecule has 3 heteroatoms. The summed E-state index contributed by atoms with van der Waals surface area (Å²) in [6.45, 7) is 0. The van der Waals surface area contributed by atoms with Gasteiger partial charge in [-0.1, -0.05) is 0 Å². The second-order valence-corrected chi connectivity index (χ2v) is 3.71. The summed E-state index contributed by atoms with van der Waals surface area (Å²) >= 11 is 5.73. The highest BCUT2D eigenvalue weighted by Gasteiger charge is 2.77. The maximum atomic E-state index is 10.4. The zero-order chi connectivity index (χ0) is 6.70. The summed E-state index contributed by atoms with van der Waals surface area (Å²) in [5, 5.41) is 8.56. The molecule has 2 rings (SSSR count). The lowest BCUT2D eigenvalue weighted by Gasteiger charge is -1.96. The molecular weight excluding hydrogens is 140 g/mol. The third kappa shape index (κ3) is 0.456. The number of carboxylic acids is 1. The van der Waals surface area contributed by atoms with Gasteiger partial charge in [0.2, 0.25) is 0 Å². The summed E-state index contributed by atoms with van der Waals surface area (Å²) < 4.78 is 0. The van der Waals surface area contributed by atoms with E-state index in [1.807, 2.05) is 0 Å². The van der Waals surface area contributed by atoms with Gasteiger partial charge in [-0.15, -0.1) is 11.6 Å². The van der Waals surface area contributed by atoms with Crippen LogP contribution in [0.2, 0.25) is 0 Å². The molecule has 0 aromatic carbocycles. The summed E-state index contributed by atoms with van der Waals surface area (Å²) in [6.07, 6.45) is 2.72. The molecule has 1 N–H and O–H groups in total. The van der Waals surface area contributed by atoms with Gasteiger partial charge in [-0.3, -0.25) is 4.79 Å². The van der Waals surface area contributed by atoms with Crippen LogP contribution in [0.25, 0.3) is 0 Å². The molecular formula is C6H7ClO2. The number of alkyl halides is 1. The van der Waals surface area contributed by atoms with Gasteiger partial charge in [-0.05, 0) is 19.3 Å². The van der Waals surface area contributed by atoms with Gasteiger partial charge in [0, 0.05) is 5.41 Å². The molecule has 0 saturated heterocycles. The molecule has 2 nitrogen and oxygen atoms in total. The molecule has 2 saturated carbocycles. The SMILES string of the molecule is O=C(O)C1(Cl)CC12CC2. The molecule has 1 unspecified atom stereocenters. The van der Waals surface area contributed by atoms with Crippen LogP contribution in [0, 0.1) is 5.41 Å². The average Bonchev–Trinajstić information content (AvgIpc) is 2.56. The van der Waals surface area contributed by atoms with Crippen LogP contribution in [-0.2, 0) is 4.79 Å². The van der Waals surface area contributed by atoms with Crippen molar-refractivity contribution in [3.8, 4) is 0 Å². The van der Waals surface area contributed by atoms with Crippen LogP contribution in [0.5, 0.6) is 0 Å². The van der Waals surface area contributed by atoms with Crippen molar-refractivity contribution in [3.05, 3.63) is 0 Å². The standard InChI is InChI=1S/C6H7ClO2/c7-6(4(8)9)3-5(6)1-2-5/h1-3H2,(H,8,9). The van der Waals surface area contributed by atoms with Crippen molar-refractivity contribution < 1.29 is 9.90 Å². The fourth-order valence-corrected chi connectivity index (χ4v) is 1.89. The summed E-state index contributed by atoms with van der Waals surface area (Å²) in [4.78, 5) is 9.55. The maximum Gasteiger partial charge on any atom is 0.325 e. The Bertz CT molecular complexity index is 185. The Hall–Kier alpha value is -0.240. The average molecular weight is 147 g/mol. The van der Waals surface area contributed by atoms with Gasteiger partial charge in [0.05, 0.1) is 0 Å². The Labute approximate surface area is 57.8 Å². The van der Waals surface area contributed by atoms with Gasteiger partial charge in [-0.25, -0.2) is 0 Å². The van der Waals surface area contributed by atoms with Gasteiger partial charge < -0.3 is 5.11 Å². The fourth-order valence-electron chi connectivity index (χ4n) is 1.45. The Morgan fingerprint density at radius 1 is 1.56 bits per heavy atom. The van der Waals surface area contributed by atoms with Gasteiger partial charge in [0.1, 0.15) is 4.87 Å². The van der Waals surface area contributed by atoms with Crippen LogP contribution in [0.4, 0.5) is 0 Å². The lowest BCUT2D eigenvalue weighted by Crippen LogP contribution is -2.17. The Balaban J connectivity index is 2.21. The monoisotopic (exact) mass is 146 g/mol. The van der Waals surface area contributed by atoms with Crippen LogP contribution >= 0.6 is 11.6 Å². The van der Waals surface area contributed by atoms with Crippen LogP contribution < -0.4 is 0 Å². The molecule has 0 heterocycles. The van der Waals surface area contributed by atoms with Crippen molar-refractivity contribution in [2.24, 2.45) is 5.41 Å². The number of hydrogen-bond acceptors (Lipinski definition) is 1. The number of halogens is 1. The van der Waals surface area contributed by atoms with Crippen LogP contribution in [-0.4, -0.2) is 16.0 Å². The zero-order valence-electron chi connectivity index (χ0n) is 4.85. The first-order valence-corrected chi connectivity index (χ1v) is 3.41. The minimum Gasteiger partial charge on any atom is -0.480 e. The first-order valence-electron chi connectivity index (χ1n) is 3.03. The van der Waals surface area contributed by atoms with Crippen molar-refractivity contribution >= 4 is 17.6 Å². The quantitative estimate of drug-likeness (QED) is 0.565. The van der Waals surface area contributed by atoms with Crippen molar-refractivity contribution in [1.29, 1.82) is 0 Å². The van der Waals surface area contributed by atoms with E-state index in [9.17, 15) is 4.79 Å². The minimum atomic E-state index is -0.854. The molecule has 0 amide bonds. The van der Waals surface area contributed by atoms with Crippen LogP contribution in [0.3, 0.4) is 0 Å². The van der Waals surface area contributed by atoms with E-state index in [1.165, 1.54) is 0 Å². The van der Waals surface area contributed by atoms with E-state index in [0.717, 1.165) is 12.8 Å². The van der Waals surface area contributed by atoms with Crippen LogP contribution in [0.15, 0.2) is 0 Å². The smallest absolute Gasteiger partial charge is 0.325 e. The molecule has 2 aliphatic carbocycles. The lowest BCUT2D eigenvalue weighted by molar-refractivity contribution is -0.137. The van der Waals surface area contributed by atoms with E-state index in [2.05, 4.69) is 0 Å². The lowest BCUT2D eigenvalue weighted by atomic mass is 10.3. The second-order valence-electron chi connectivity index (χ2n) is 3.06. The van der Waals surface area contributed by atoms with Crippen molar-refractivity contribution in [2.75, 3.05) is 0 Å². The van der Waals surface area contributed by atoms with Gasteiger partial charge >= 0.3 is 5.97 Å². The Morgan fingerprint density at radius 2 is 2.11 bits per heavy atom. The highest BCUT2D eigenvalue weighted by molar-refractivity contribution is 6.37. The predicted octanol–water partition coefficient (Wildman–Crippen LogP) is 1.23. The van der Waals surface area contributed by atoms with E-state index in [1.54, 1.807) is 0 Å². The highest BCUT2D eigenvalue weighted by atomic mass is 35.5. The topological polar surface area (TPSA) is 37.3 Å². The third-order valence-electron chi connectivity index (χ3n) is 2.49. The Kier molecular flexibility index (Phi) is 0.692. The molecule has 9 heavy (non-hydrogen) atoms. The van der Waals surface area contributed by atoms with E-state index < -0.39 is 10.8 Å². The molecule has 0 aliphatic heterocycles. The molecule has 2 aliphatic rings. The predicted molar refractivity (Wildman–Crippen MR) is 32.5 cm³/mol. The zero-order valence-corrected chi connectivity index (χ0v) is 5.61. The van der Waals surface area contributed by atoms with Crippen LogP contribution in [0.1, 0.15) is 19.3 Å². The molecule has 0 aromatic heterocycles. The Morgan fingerprint density at radius 3 is 2.22 bits per heavy atom. The largest absolute Gasteiger partial charge is 0.480 e. The number of rotatable bonds is 1. The van der Waals surface area contributed by atoms with E-state index in [4.69, 9.17) is 16.7 Å². The number of aliphatic carboxylic acids is 1. The molecule has 2 fully saturated rings. The summed E-state index contributed by atoms with van der Waals surface area (Å²) in [5.41, 5.74) is 0.0421. The third-order valence-corrected chi connectivity index (χ3v) is 3.19. The van der Waals surface area contributed by atoms with E-state index in [-0.39, 0.29) is 5.41 Å². The maximum absolute atomic E-state index is 10.4. The number of carbonyl (C=O) groups is 1. The second kappa shape index (κ2) is 1.12. The van der Waals surface area contributed by atoms with Crippen molar-refractivity contribution in [2.45, 2.75) is 24.1 Å². The number of carboxylic acid groups (broad SMARTS) is 1. The van der Waals surface area contributed by atoms with Gasteiger partial charge in [-0.2, -0.15) is 0 Å². The molecule has 50 valence electrons. The molecule has 0 aromatic rings. The summed E-state index contributed by atoms with van der Waals surface area (Å²) in [6, 6.07) is 0. The molecule has 1 spiro atoms. The first-order chi connectivity index (χ1) is 4.11. The highest BCUT2D eigenvalue weighted by Crippen LogP contribution is 2.76.